The minimum absolute atomic E-state index is 0.0168. The van der Waals surface area contributed by atoms with E-state index in [0.29, 0.717) is 6.42 Å². The standard InChI is InChI=1S/C6H16N2O3S/c1-6(4-5-9)7-12(10,11)8(2)3/h6-7,9H,4-5H2,1-3H3. The van der Waals surface area contributed by atoms with Crippen LogP contribution in [-0.4, -0.2) is 44.6 Å². The average molecular weight is 196 g/mol. The predicted molar refractivity (Wildman–Crippen MR) is 46.9 cm³/mol. The molecule has 0 heterocycles. The zero-order chi connectivity index (χ0) is 9.78. The lowest BCUT2D eigenvalue weighted by Crippen LogP contribution is -2.41. The molecule has 0 aliphatic rings. The maximum Gasteiger partial charge on any atom is 0.279 e. The number of aliphatic hydroxyl groups is 1. The van der Waals surface area contributed by atoms with E-state index in [1.165, 1.54) is 14.1 Å². The van der Waals surface area contributed by atoms with Gasteiger partial charge in [-0.15, -0.1) is 0 Å². The van der Waals surface area contributed by atoms with Crippen molar-refractivity contribution in [2.45, 2.75) is 19.4 Å². The maximum absolute atomic E-state index is 11.1. The molecule has 0 aromatic rings. The van der Waals surface area contributed by atoms with Crippen molar-refractivity contribution in [2.24, 2.45) is 0 Å². The molecule has 74 valence electrons. The van der Waals surface area contributed by atoms with Gasteiger partial charge in [-0.3, -0.25) is 0 Å². The van der Waals surface area contributed by atoms with Crippen LogP contribution in [0.5, 0.6) is 0 Å². The second-order valence-corrected chi connectivity index (χ2v) is 4.73. The smallest absolute Gasteiger partial charge is 0.279 e. The van der Waals surface area contributed by atoms with Crippen LogP contribution in [0.1, 0.15) is 13.3 Å². The molecule has 0 aliphatic carbocycles. The summed E-state index contributed by atoms with van der Waals surface area (Å²) in [7, 11) is -0.443. The third-order valence-electron chi connectivity index (χ3n) is 1.39. The van der Waals surface area contributed by atoms with E-state index in [9.17, 15) is 8.42 Å². The summed E-state index contributed by atoms with van der Waals surface area (Å²) in [5, 5.41) is 8.52. The van der Waals surface area contributed by atoms with Crippen molar-refractivity contribution in [3.63, 3.8) is 0 Å². The van der Waals surface area contributed by atoms with Crippen LogP contribution in [0, 0.1) is 0 Å². The minimum atomic E-state index is -3.35. The van der Waals surface area contributed by atoms with Crippen molar-refractivity contribution in [2.75, 3.05) is 20.7 Å². The summed E-state index contributed by atoms with van der Waals surface area (Å²) >= 11 is 0. The quantitative estimate of drug-likeness (QED) is 0.602. The fraction of sp³-hybridized carbons (Fsp3) is 1.00. The highest BCUT2D eigenvalue weighted by Gasteiger charge is 2.15. The lowest BCUT2D eigenvalue weighted by molar-refractivity contribution is 0.275. The van der Waals surface area contributed by atoms with Crippen molar-refractivity contribution >= 4 is 10.2 Å². The summed E-state index contributed by atoms with van der Waals surface area (Å²) < 4.78 is 25.8. The first-order valence-electron chi connectivity index (χ1n) is 3.70. The van der Waals surface area contributed by atoms with Crippen LogP contribution in [0.25, 0.3) is 0 Å². The van der Waals surface area contributed by atoms with Crippen LogP contribution >= 0.6 is 0 Å². The van der Waals surface area contributed by atoms with Crippen LogP contribution in [0.3, 0.4) is 0 Å². The number of rotatable bonds is 5. The molecule has 0 fully saturated rings. The monoisotopic (exact) mass is 196 g/mol. The van der Waals surface area contributed by atoms with Crippen LogP contribution < -0.4 is 4.72 Å². The molecule has 0 saturated carbocycles. The minimum Gasteiger partial charge on any atom is -0.396 e. The number of nitrogens with one attached hydrogen (secondary N) is 1. The van der Waals surface area contributed by atoms with E-state index >= 15 is 0 Å². The lowest BCUT2D eigenvalue weighted by atomic mass is 10.3. The number of aliphatic hydroxyl groups excluding tert-OH is 1. The van der Waals surface area contributed by atoms with Gasteiger partial charge in [0.25, 0.3) is 10.2 Å². The second kappa shape index (κ2) is 4.76. The molecule has 0 aliphatic heterocycles. The predicted octanol–water partition coefficient (Wildman–Crippen LogP) is -0.847. The Labute approximate surface area is 73.6 Å². The molecule has 0 aromatic heterocycles. The Bertz CT molecular complexity index is 213. The average Bonchev–Trinajstić information content (AvgIpc) is 1.85. The molecule has 1 unspecified atom stereocenters. The van der Waals surface area contributed by atoms with Crippen LogP contribution in [0.2, 0.25) is 0 Å². The number of hydrogen-bond donors (Lipinski definition) is 2. The first-order valence-corrected chi connectivity index (χ1v) is 5.15. The van der Waals surface area contributed by atoms with Gasteiger partial charge in [0.1, 0.15) is 0 Å². The summed E-state index contributed by atoms with van der Waals surface area (Å²) in [6.45, 7) is 1.69. The molecule has 1 atom stereocenters. The second-order valence-electron chi connectivity index (χ2n) is 2.82. The van der Waals surface area contributed by atoms with E-state index in [4.69, 9.17) is 5.11 Å². The molecule has 5 nitrogen and oxygen atoms in total. The Balaban J connectivity index is 4.07. The summed E-state index contributed by atoms with van der Waals surface area (Å²) in [4.78, 5) is 0. The molecule has 0 rings (SSSR count). The summed E-state index contributed by atoms with van der Waals surface area (Å²) in [6, 6.07) is -0.234. The molecule has 0 radical (unpaired) electrons. The fourth-order valence-electron chi connectivity index (χ4n) is 0.612. The third kappa shape index (κ3) is 4.01. The summed E-state index contributed by atoms with van der Waals surface area (Å²) in [5.74, 6) is 0. The molecular weight excluding hydrogens is 180 g/mol. The van der Waals surface area contributed by atoms with E-state index in [-0.39, 0.29) is 12.6 Å². The molecule has 0 aromatic carbocycles. The van der Waals surface area contributed by atoms with Crippen molar-refractivity contribution in [1.82, 2.24) is 9.03 Å². The van der Waals surface area contributed by atoms with Crippen molar-refractivity contribution in [3.05, 3.63) is 0 Å². The molecule has 0 spiro atoms. The summed E-state index contributed by atoms with van der Waals surface area (Å²) in [5.41, 5.74) is 0. The Hall–Kier alpha value is -0.170. The molecule has 0 amide bonds. The van der Waals surface area contributed by atoms with Gasteiger partial charge in [-0.25, -0.2) is 0 Å². The van der Waals surface area contributed by atoms with Crippen molar-refractivity contribution in [1.29, 1.82) is 0 Å². The van der Waals surface area contributed by atoms with Gasteiger partial charge in [0.05, 0.1) is 0 Å². The van der Waals surface area contributed by atoms with E-state index in [1.54, 1.807) is 6.92 Å². The molecule has 12 heavy (non-hydrogen) atoms. The third-order valence-corrected chi connectivity index (χ3v) is 3.05. The van der Waals surface area contributed by atoms with E-state index in [2.05, 4.69) is 4.72 Å². The van der Waals surface area contributed by atoms with Gasteiger partial charge >= 0.3 is 0 Å². The highest BCUT2D eigenvalue weighted by molar-refractivity contribution is 7.87. The largest absolute Gasteiger partial charge is 0.396 e. The number of nitrogens with zero attached hydrogens (tertiary/aromatic N) is 1. The Morgan fingerprint density at radius 1 is 1.50 bits per heavy atom. The van der Waals surface area contributed by atoms with E-state index in [1.807, 2.05) is 0 Å². The van der Waals surface area contributed by atoms with Gasteiger partial charge in [-0.1, -0.05) is 0 Å². The molecule has 6 heteroatoms. The fourth-order valence-corrected chi connectivity index (χ4v) is 1.45. The summed E-state index contributed by atoms with van der Waals surface area (Å²) in [6.07, 6.45) is 0.424. The lowest BCUT2D eigenvalue weighted by Gasteiger charge is -2.16. The van der Waals surface area contributed by atoms with Gasteiger partial charge < -0.3 is 5.11 Å². The molecule has 0 saturated heterocycles. The highest BCUT2D eigenvalue weighted by atomic mass is 32.2. The Morgan fingerprint density at radius 2 is 2.00 bits per heavy atom. The van der Waals surface area contributed by atoms with Gasteiger partial charge in [0, 0.05) is 26.7 Å². The molecule has 0 bridgehead atoms. The zero-order valence-corrected chi connectivity index (χ0v) is 8.43. The Morgan fingerprint density at radius 3 is 2.33 bits per heavy atom. The van der Waals surface area contributed by atoms with Crippen LogP contribution in [-0.2, 0) is 10.2 Å². The maximum atomic E-state index is 11.1. The number of hydrogen-bond acceptors (Lipinski definition) is 3. The normalized spacial score (nSPS) is 15.1. The zero-order valence-electron chi connectivity index (χ0n) is 7.61. The molecule has 2 N–H and O–H groups in total. The van der Waals surface area contributed by atoms with Crippen molar-refractivity contribution < 1.29 is 13.5 Å². The first kappa shape index (κ1) is 11.8. The Kier molecular flexibility index (Phi) is 4.69. The SMILES string of the molecule is CC(CCO)NS(=O)(=O)N(C)C. The topological polar surface area (TPSA) is 69.6 Å². The first-order chi connectivity index (χ1) is 5.40. The van der Waals surface area contributed by atoms with Gasteiger partial charge in [-0.05, 0) is 13.3 Å². The highest BCUT2D eigenvalue weighted by Crippen LogP contribution is 1.95. The van der Waals surface area contributed by atoms with Gasteiger partial charge in [0.15, 0.2) is 0 Å². The van der Waals surface area contributed by atoms with E-state index < -0.39 is 10.2 Å². The van der Waals surface area contributed by atoms with Crippen molar-refractivity contribution in [3.8, 4) is 0 Å². The molecular formula is C6H16N2O3S. The van der Waals surface area contributed by atoms with E-state index in [0.717, 1.165) is 4.31 Å². The van der Waals surface area contributed by atoms with Gasteiger partial charge in [0.2, 0.25) is 0 Å². The van der Waals surface area contributed by atoms with Gasteiger partial charge in [-0.2, -0.15) is 17.4 Å². The van der Waals surface area contributed by atoms with Crippen LogP contribution in [0.15, 0.2) is 0 Å². The van der Waals surface area contributed by atoms with Crippen LogP contribution in [0.4, 0.5) is 0 Å².